The molecule has 0 saturated heterocycles. The summed E-state index contributed by atoms with van der Waals surface area (Å²) in [5.74, 6) is -2.23. The van der Waals surface area contributed by atoms with Crippen molar-refractivity contribution in [1.82, 2.24) is 0 Å². The zero-order valence-corrected chi connectivity index (χ0v) is 11.5. The number of hydrogen-bond donors (Lipinski definition) is 2. The average Bonchev–Trinajstić information content (AvgIpc) is 2.49. The van der Waals surface area contributed by atoms with Gasteiger partial charge in [0.05, 0.1) is 5.56 Å². The minimum absolute atomic E-state index is 0.0319. The lowest BCUT2D eigenvalue weighted by Gasteiger charge is -2.36. The lowest BCUT2D eigenvalue weighted by molar-refractivity contribution is -0.145. The number of hydrogen-bond acceptors (Lipinski definition) is 4. The van der Waals surface area contributed by atoms with Crippen LogP contribution in [0, 0.1) is 5.82 Å². The van der Waals surface area contributed by atoms with E-state index >= 15 is 0 Å². The first-order valence-corrected chi connectivity index (χ1v) is 7.11. The van der Waals surface area contributed by atoms with Crippen LogP contribution in [0.5, 0.6) is 17.2 Å². The van der Waals surface area contributed by atoms with Gasteiger partial charge in [-0.2, -0.15) is 0 Å². The maximum Gasteiger partial charge on any atom is 0.314 e. The van der Waals surface area contributed by atoms with Crippen LogP contribution in [0.15, 0.2) is 6.07 Å². The molecule has 2 N–H and O–H groups in total. The van der Waals surface area contributed by atoms with Crippen molar-refractivity contribution in [1.29, 1.82) is 0 Å². The molecule has 1 aromatic carbocycles. The number of fused-ring (bicyclic) bond motifs is 1. The van der Waals surface area contributed by atoms with Crippen molar-refractivity contribution >= 4 is 5.97 Å². The Bertz CT molecular complexity index is 578. The number of ether oxygens (including phenoxy) is 2. The molecule has 1 aromatic rings. The smallest absolute Gasteiger partial charge is 0.314 e. The van der Waals surface area contributed by atoms with Crippen molar-refractivity contribution in [2.24, 2.45) is 0 Å². The van der Waals surface area contributed by atoms with Gasteiger partial charge in [-0.05, 0) is 12.8 Å². The highest BCUT2D eigenvalue weighted by atomic mass is 19.1. The fraction of sp³-hybridized carbons (Fsp3) is 0.533. The molecule has 5 nitrogen and oxygen atoms in total. The van der Waals surface area contributed by atoms with Gasteiger partial charge >= 0.3 is 5.97 Å². The second kappa shape index (κ2) is 5.09. The van der Waals surface area contributed by atoms with E-state index in [0.29, 0.717) is 12.8 Å². The van der Waals surface area contributed by atoms with Gasteiger partial charge in [0, 0.05) is 6.07 Å². The fourth-order valence-corrected chi connectivity index (χ4v) is 3.32. The Morgan fingerprint density at radius 2 is 1.86 bits per heavy atom. The summed E-state index contributed by atoms with van der Waals surface area (Å²) in [5.41, 5.74) is -1.28. The van der Waals surface area contributed by atoms with Crippen LogP contribution in [0.1, 0.15) is 37.7 Å². The van der Waals surface area contributed by atoms with E-state index in [-0.39, 0.29) is 30.3 Å². The molecular weight excluding hydrogens is 279 g/mol. The normalized spacial score (nSPS) is 20.0. The number of carbonyl (C=O) groups is 1. The van der Waals surface area contributed by atoms with Crippen molar-refractivity contribution < 1.29 is 28.9 Å². The topological polar surface area (TPSA) is 76.0 Å². The average molecular weight is 296 g/mol. The maximum absolute atomic E-state index is 14.0. The van der Waals surface area contributed by atoms with E-state index < -0.39 is 23.0 Å². The molecule has 114 valence electrons. The van der Waals surface area contributed by atoms with Gasteiger partial charge in [0.2, 0.25) is 0 Å². The van der Waals surface area contributed by atoms with Gasteiger partial charge in [0.15, 0.2) is 23.1 Å². The monoisotopic (exact) mass is 296 g/mol. The predicted molar refractivity (Wildman–Crippen MR) is 71.5 cm³/mol. The molecule has 0 unspecified atom stereocenters. The van der Waals surface area contributed by atoms with Crippen molar-refractivity contribution in [3.8, 4) is 17.2 Å². The molecule has 0 bridgehead atoms. The molecule has 0 aromatic heterocycles. The number of phenolic OH excluding ortho intramolecular Hbond substituents is 1. The Balaban J connectivity index is 2.24. The second-order valence-electron chi connectivity index (χ2n) is 5.55. The van der Waals surface area contributed by atoms with Gasteiger partial charge in [0.1, 0.15) is 18.6 Å². The molecule has 0 atom stereocenters. The van der Waals surface area contributed by atoms with Crippen LogP contribution in [-0.2, 0) is 10.2 Å². The molecule has 1 fully saturated rings. The maximum atomic E-state index is 14.0. The summed E-state index contributed by atoms with van der Waals surface area (Å²) < 4.78 is 24.8. The minimum atomic E-state index is -1.31. The first-order chi connectivity index (χ1) is 10.1. The molecule has 0 amide bonds. The zero-order chi connectivity index (χ0) is 15.0. The lowest BCUT2D eigenvalue weighted by Crippen LogP contribution is -2.39. The van der Waals surface area contributed by atoms with E-state index in [0.717, 1.165) is 25.3 Å². The molecule has 21 heavy (non-hydrogen) atoms. The molecule has 6 heteroatoms. The first-order valence-electron chi connectivity index (χ1n) is 7.11. The number of aromatic hydroxyl groups is 1. The van der Waals surface area contributed by atoms with Crippen LogP contribution in [0.4, 0.5) is 4.39 Å². The Hall–Kier alpha value is -1.98. The van der Waals surface area contributed by atoms with Crippen molar-refractivity contribution in [2.75, 3.05) is 13.2 Å². The largest absolute Gasteiger partial charge is 0.505 e. The molecular formula is C15H17FO5. The molecule has 0 radical (unpaired) electrons. The van der Waals surface area contributed by atoms with E-state index in [1.807, 2.05) is 0 Å². The Morgan fingerprint density at radius 1 is 1.19 bits per heavy atom. The molecule has 1 aliphatic heterocycles. The summed E-state index contributed by atoms with van der Waals surface area (Å²) in [6.45, 7) is 0.525. The van der Waals surface area contributed by atoms with E-state index in [1.54, 1.807) is 0 Å². The zero-order valence-electron chi connectivity index (χ0n) is 11.5. The molecule has 1 aliphatic carbocycles. The summed E-state index contributed by atoms with van der Waals surface area (Å²) in [5, 5.41) is 19.9. The molecule has 1 heterocycles. The van der Waals surface area contributed by atoms with Gasteiger partial charge in [-0.1, -0.05) is 19.3 Å². The first kappa shape index (κ1) is 14.0. The van der Waals surface area contributed by atoms with Crippen molar-refractivity contribution in [2.45, 2.75) is 37.5 Å². The Labute approximate surface area is 121 Å². The third-order valence-corrected chi connectivity index (χ3v) is 4.35. The fourth-order valence-electron chi connectivity index (χ4n) is 3.32. The van der Waals surface area contributed by atoms with Gasteiger partial charge in [-0.25, -0.2) is 4.39 Å². The third kappa shape index (κ3) is 2.09. The van der Waals surface area contributed by atoms with E-state index in [4.69, 9.17) is 9.47 Å². The summed E-state index contributed by atoms with van der Waals surface area (Å²) in [4.78, 5) is 11.9. The van der Waals surface area contributed by atoms with Gasteiger partial charge in [-0.3, -0.25) is 4.79 Å². The van der Waals surface area contributed by atoms with E-state index in [2.05, 4.69) is 0 Å². The number of benzene rings is 1. The highest BCUT2D eigenvalue weighted by molar-refractivity contribution is 5.85. The van der Waals surface area contributed by atoms with Crippen molar-refractivity contribution in [3.63, 3.8) is 0 Å². The standard InChI is InChI=1S/C15H17FO5/c16-9-8-10-13(21-7-6-20-10)11(12(9)17)15(14(18)19)4-2-1-3-5-15/h8,17H,1-7H2,(H,18,19). The number of carboxylic acid groups (broad SMARTS) is 1. The second-order valence-corrected chi connectivity index (χ2v) is 5.55. The van der Waals surface area contributed by atoms with Gasteiger partial charge in [0.25, 0.3) is 0 Å². The lowest BCUT2D eigenvalue weighted by atomic mass is 9.68. The molecule has 2 aliphatic rings. The predicted octanol–water partition coefficient (Wildman–Crippen LogP) is 2.59. The van der Waals surface area contributed by atoms with Crippen LogP contribution in [0.2, 0.25) is 0 Å². The van der Waals surface area contributed by atoms with Gasteiger partial charge < -0.3 is 19.7 Å². The summed E-state index contributed by atoms with van der Waals surface area (Å²) >= 11 is 0. The Kier molecular flexibility index (Phi) is 3.39. The number of halogens is 1. The van der Waals surface area contributed by atoms with Crippen LogP contribution in [0.3, 0.4) is 0 Å². The van der Waals surface area contributed by atoms with Crippen LogP contribution < -0.4 is 9.47 Å². The number of phenols is 1. The Morgan fingerprint density at radius 3 is 2.52 bits per heavy atom. The van der Waals surface area contributed by atoms with Crippen LogP contribution in [-0.4, -0.2) is 29.4 Å². The van der Waals surface area contributed by atoms with E-state index in [1.165, 1.54) is 0 Å². The molecule has 0 spiro atoms. The van der Waals surface area contributed by atoms with Crippen LogP contribution >= 0.6 is 0 Å². The van der Waals surface area contributed by atoms with E-state index in [9.17, 15) is 19.4 Å². The summed E-state index contributed by atoms with van der Waals surface area (Å²) in [6, 6.07) is 1.05. The highest BCUT2D eigenvalue weighted by Crippen LogP contribution is 2.52. The number of carboxylic acids is 1. The number of rotatable bonds is 2. The quantitative estimate of drug-likeness (QED) is 0.877. The summed E-state index contributed by atoms with van der Waals surface area (Å²) in [6.07, 6.45) is 3.09. The van der Waals surface area contributed by atoms with Crippen molar-refractivity contribution in [3.05, 3.63) is 17.4 Å². The molecule has 3 rings (SSSR count). The SMILES string of the molecule is O=C(O)C1(c2c(O)c(F)cc3c2OCCO3)CCCCC1. The van der Waals surface area contributed by atoms with Gasteiger partial charge in [-0.15, -0.1) is 0 Å². The summed E-state index contributed by atoms with van der Waals surface area (Å²) in [7, 11) is 0. The number of aliphatic carboxylic acids is 1. The van der Waals surface area contributed by atoms with Crippen LogP contribution in [0.25, 0.3) is 0 Å². The molecule has 1 saturated carbocycles. The highest BCUT2D eigenvalue weighted by Gasteiger charge is 2.47. The third-order valence-electron chi connectivity index (χ3n) is 4.35. The minimum Gasteiger partial charge on any atom is -0.505 e.